The van der Waals surface area contributed by atoms with Crippen LogP contribution in [0.25, 0.3) is 0 Å². The van der Waals surface area contributed by atoms with Gasteiger partial charge in [0.25, 0.3) is 0 Å². The average Bonchev–Trinajstić information content (AvgIpc) is 2.19. The highest BCUT2D eigenvalue weighted by molar-refractivity contribution is 4.82. The molecule has 0 aromatic rings. The number of nitrogens with two attached hydrogens (primary N) is 1. The fraction of sp³-hybridized carbons (Fsp3) is 1.00. The Bertz CT molecular complexity index is 153. The van der Waals surface area contributed by atoms with Crippen LogP contribution in [0.15, 0.2) is 0 Å². The summed E-state index contributed by atoms with van der Waals surface area (Å²) >= 11 is 0. The van der Waals surface area contributed by atoms with Crippen LogP contribution in [-0.2, 0) is 0 Å². The molecule has 3 heteroatoms. The molecule has 1 aliphatic rings. The van der Waals surface area contributed by atoms with Crippen molar-refractivity contribution in [2.45, 2.75) is 45.2 Å². The molecule has 14 heavy (non-hydrogen) atoms. The van der Waals surface area contributed by atoms with E-state index in [0.717, 1.165) is 19.0 Å². The summed E-state index contributed by atoms with van der Waals surface area (Å²) in [6, 6.07) is 0.228. The maximum atomic E-state index is 9.25. The van der Waals surface area contributed by atoms with Gasteiger partial charge in [-0.1, -0.05) is 13.3 Å². The molecule has 0 amide bonds. The Balaban J connectivity index is 2.39. The number of hydrogen-bond acceptors (Lipinski definition) is 3. The molecule has 1 fully saturated rings. The molecule has 0 aromatic carbocycles. The monoisotopic (exact) mass is 200 g/mol. The van der Waals surface area contributed by atoms with Crippen molar-refractivity contribution >= 4 is 0 Å². The zero-order valence-corrected chi connectivity index (χ0v) is 9.45. The zero-order valence-electron chi connectivity index (χ0n) is 9.45. The van der Waals surface area contributed by atoms with Crippen LogP contribution in [0.4, 0.5) is 0 Å². The van der Waals surface area contributed by atoms with Crippen molar-refractivity contribution in [2.24, 2.45) is 11.7 Å². The molecule has 1 aliphatic heterocycles. The number of nitrogens with zero attached hydrogens (tertiary/aromatic N) is 1. The van der Waals surface area contributed by atoms with Crippen molar-refractivity contribution in [3.8, 4) is 0 Å². The smallest absolute Gasteiger partial charge is 0.0601 e. The molecular weight excluding hydrogens is 176 g/mol. The largest absolute Gasteiger partial charge is 0.395 e. The molecule has 0 spiro atoms. The second-order valence-corrected chi connectivity index (χ2v) is 4.50. The van der Waals surface area contributed by atoms with Gasteiger partial charge in [0.05, 0.1) is 6.61 Å². The third-order valence-electron chi connectivity index (χ3n) is 3.49. The van der Waals surface area contributed by atoms with Gasteiger partial charge in [0, 0.05) is 12.1 Å². The van der Waals surface area contributed by atoms with Crippen molar-refractivity contribution < 1.29 is 5.11 Å². The summed E-state index contributed by atoms with van der Waals surface area (Å²) in [5.74, 6) is 0.888. The summed E-state index contributed by atoms with van der Waals surface area (Å²) in [6.07, 6.45) is 3.81. The van der Waals surface area contributed by atoms with Crippen LogP contribution in [0, 0.1) is 5.92 Å². The van der Waals surface area contributed by atoms with E-state index in [9.17, 15) is 5.11 Å². The third-order valence-corrected chi connectivity index (χ3v) is 3.49. The van der Waals surface area contributed by atoms with E-state index in [4.69, 9.17) is 5.73 Å². The molecule has 3 N–H and O–H groups in total. The fourth-order valence-electron chi connectivity index (χ4n) is 2.31. The van der Waals surface area contributed by atoms with Crippen molar-refractivity contribution in [1.82, 2.24) is 4.90 Å². The quantitative estimate of drug-likeness (QED) is 0.706. The first-order chi connectivity index (χ1) is 6.69. The molecule has 0 aliphatic carbocycles. The van der Waals surface area contributed by atoms with Crippen LogP contribution in [-0.4, -0.2) is 41.8 Å². The lowest BCUT2D eigenvalue weighted by Gasteiger charge is -2.38. The fourth-order valence-corrected chi connectivity index (χ4v) is 2.31. The molecule has 0 saturated carbocycles. The lowest BCUT2D eigenvalue weighted by atomic mass is 9.93. The highest BCUT2D eigenvalue weighted by atomic mass is 16.3. The van der Waals surface area contributed by atoms with Crippen molar-refractivity contribution in [3.05, 3.63) is 0 Å². The van der Waals surface area contributed by atoms with E-state index in [1.807, 2.05) is 6.92 Å². The van der Waals surface area contributed by atoms with Crippen LogP contribution in [0.1, 0.15) is 33.1 Å². The van der Waals surface area contributed by atoms with Crippen molar-refractivity contribution in [3.63, 3.8) is 0 Å². The number of aliphatic hydroxyl groups is 1. The molecule has 2 unspecified atom stereocenters. The lowest BCUT2D eigenvalue weighted by molar-refractivity contribution is 0.0742. The van der Waals surface area contributed by atoms with Gasteiger partial charge in [-0.25, -0.2) is 0 Å². The van der Waals surface area contributed by atoms with Crippen LogP contribution < -0.4 is 5.73 Å². The van der Waals surface area contributed by atoms with Crippen LogP contribution in [0.3, 0.4) is 0 Å². The molecule has 3 nitrogen and oxygen atoms in total. The first-order valence-corrected chi connectivity index (χ1v) is 5.79. The van der Waals surface area contributed by atoms with Gasteiger partial charge >= 0.3 is 0 Å². The Morgan fingerprint density at radius 1 is 1.43 bits per heavy atom. The molecule has 0 bridgehead atoms. The summed E-state index contributed by atoms with van der Waals surface area (Å²) in [4.78, 5) is 2.34. The summed E-state index contributed by atoms with van der Waals surface area (Å²) in [5.41, 5.74) is 5.84. The van der Waals surface area contributed by atoms with E-state index in [1.165, 1.54) is 19.3 Å². The number of rotatable bonds is 4. The molecular formula is C11H24N2O. The van der Waals surface area contributed by atoms with Crippen molar-refractivity contribution in [1.29, 1.82) is 0 Å². The third kappa shape index (κ3) is 2.94. The summed E-state index contributed by atoms with van der Waals surface area (Å²) < 4.78 is 0. The molecule has 1 heterocycles. The Morgan fingerprint density at radius 3 is 2.36 bits per heavy atom. The first kappa shape index (κ1) is 12.0. The number of hydrogen-bond donors (Lipinski definition) is 2. The van der Waals surface area contributed by atoms with Crippen LogP contribution in [0.2, 0.25) is 0 Å². The van der Waals surface area contributed by atoms with E-state index < -0.39 is 0 Å². The Hall–Kier alpha value is -0.120. The molecule has 2 atom stereocenters. The SMILES string of the molecule is CCC1CCN(C(CO)C(C)N)CC1. The van der Waals surface area contributed by atoms with Gasteiger partial charge in [-0.05, 0) is 38.8 Å². The van der Waals surface area contributed by atoms with Gasteiger partial charge < -0.3 is 10.8 Å². The Morgan fingerprint density at radius 2 is 2.00 bits per heavy atom. The molecule has 1 rings (SSSR count). The van der Waals surface area contributed by atoms with Gasteiger partial charge in [0.2, 0.25) is 0 Å². The van der Waals surface area contributed by atoms with Gasteiger partial charge in [-0.3, -0.25) is 4.90 Å². The summed E-state index contributed by atoms with van der Waals surface area (Å²) in [6.45, 7) is 6.63. The first-order valence-electron chi connectivity index (χ1n) is 5.79. The normalized spacial score (nSPS) is 24.9. The molecule has 0 aromatic heterocycles. The maximum absolute atomic E-state index is 9.25. The van der Waals surface area contributed by atoms with Crippen LogP contribution >= 0.6 is 0 Å². The highest BCUT2D eigenvalue weighted by Crippen LogP contribution is 2.21. The molecule has 0 radical (unpaired) electrons. The van der Waals surface area contributed by atoms with Gasteiger partial charge in [-0.15, -0.1) is 0 Å². The summed E-state index contributed by atoms with van der Waals surface area (Å²) in [7, 11) is 0. The number of piperidine rings is 1. The molecule has 1 saturated heterocycles. The lowest BCUT2D eigenvalue weighted by Crippen LogP contribution is -2.51. The number of aliphatic hydroxyl groups excluding tert-OH is 1. The predicted octanol–water partition coefficient (Wildman–Crippen LogP) is 0.816. The zero-order chi connectivity index (χ0) is 10.6. The Kier molecular flexibility index (Phi) is 4.85. The standard InChI is InChI=1S/C11H24N2O/c1-3-10-4-6-13(7-5-10)11(8-14)9(2)12/h9-11,14H,3-8,12H2,1-2H3. The highest BCUT2D eigenvalue weighted by Gasteiger charge is 2.25. The molecule has 84 valence electrons. The average molecular weight is 200 g/mol. The van der Waals surface area contributed by atoms with E-state index in [1.54, 1.807) is 0 Å². The van der Waals surface area contributed by atoms with E-state index in [0.29, 0.717) is 0 Å². The summed E-state index contributed by atoms with van der Waals surface area (Å²) in [5, 5.41) is 9.25. The van der Waals surface area contributed by atoms with Gasteiger partial charge in [0.15, 0.2) is 0 Å². The van der Waals surface area contributed by atoms with Gasteiger partial charge in [0.1, 0.15) is 0 Å². The van der Waals surface area contributed by atoms with E-state index in [-0.39, 0.29) is 18.7 Å². The van der Waals surface area contributed by atoms with E-state index >= 15 is 0 Å². The minimum absolute atomic E-state index is 0.0678. The van der Waals surface area contributed by atoms with Gasteiger partial charge in [-0.2, -0.15) is 0 Å². The number of likely N-dealkylation sites (tertiary alicyclic amines) is 1. The predicted molar refractivity (Wildman–Crippen MR) is 59.1 cm³/mol. The second-order valence-electron chi connectivity index (χ2n) is 4.50. The minimum Gasteiger partial charge on any atom is -0.395 e. The topological polar surface area (TPSA) is 49.5 Å². The van der Waals surface area contributed by atoms with Crippen LogP contribution in [0.5, 0.6) is 0 Å². The second kappa shape index (κ2) is 5.69. The maximum Gasteiger partial charge on any atom is 0.0601 e. The Labute approximate surface area is 87.3 Å². The van der Waals surface area contributed by atoms with E-state index in [2.05, 4.69) is 11.8 Å². The minimum atomic E-state index is 0.0678. The van der Waals surface area contributed by atoms with Crippen molar-refractivity contribution in [2.75, 3.05) is 19.7 Å².